The predicted molar refractivity (Wildman–Crippen MR) is 115 cm³/mol. The molecule has 0 unspecified atom stereocenters. The molecule has 0 bridgehead atoms. The van der Waals surface area contributed by atoms with Gasteiger partial charge in [-0.1, -0.05) is 6.07 Å². The van der Waals surface area contributed by atoms with E-state index in [2.05, 4.69) is 10.4 Å². The third kappa shape index (κ3) is 3.50. The molecule has 160 valence electrons. The number of rotatable bonds is 6. The van der Waals surface area contributed by atoms with E-state index < -0.39 is 5.92 Å². The highest BCUT2D eigenvalue weighted by Gasteiger charge is 2.38. The lowest BCUT2D eigenvalue weighted by Gasteiger charge is -2.24. The summed E-state index contributed by atoms with van der Waals surface area (Å²) in [5.41, 5.74) is 2.41. The Labute approximate surface area is 179 Å². The SMILES string of the molecule is COc1ccc(-n2nc(C)c3c2NC(=O)C[C@H]3C(=O)c2c(OC)cccc2OC)cc1. The fourth-order valence-corrected chi connectivity index (χ4v) is 3.95. The second-order valence-corrected chi connectivity index (χ2v) is 7.16. The van der Waals surface area contributed by atoms with E-state index in [9.17, 15) is 9.59 Å². The lowest BCUT2D eigenvalue weighted by molar-refractivity contribution is -0.116. The number of carbonyl (C=O) groups excluding carboxylic acids is 2. The summed E-state index contributed by atoms with van der Waals surface area (Å²) in [7, 11) is 4.59. The van der Waals surface area contributed by atoms with E-state index in [1.807, 2.05) is 31.2 Å². The molecule has 2 heterocycles. The number of aromatic nitrogens is 2. The van der Waals surface area contributed by atoms with Crippen LogP contribution in [0.1, 0.15) is 34.0 Å². The van der Waals surface area contributed by atoms with Gasteiger partial charge in [0.1, 0.15) is 28.6 Å². The highest BCUT2D eigenvalue weighted by atomic mass is 16.5. The topological polar surface area (TPSA) is 91.7 Å². The van der Waals surface area contributed by atoms with Crippen LogP contribution < -0.4 is 19.5 Å². The van der Waals surface area contributed by atoms with Gasteiger partial charge in [0, 0.05) is 12.0 Å². The van der Waals surface area contributed by atoms with Gasteiger partial charge in [-0.2, -0.15) is 5.10 Å². The minimum Gasteiger partial charge on any atom is -0.497 e. The van der Waals surface area contributed by atoms with Crippen molar-refractivity contribution in [3.8, 4) is 22.9 Å². The highest BCUT2D eigenvalue weighted by molar-refractivity contribution is 6.10. The van der Waals surface area contributed by atoms with Crippen LogP contribution in [0.25, 0.3) is 5.69 Å². The van der Waals surface area contributed by atoms with E-state index in [-0.39, 0.29) is 18.1 Å². The second kappa shape index (κ2) is 8.14. The fraction of sp³-hybridized carbons (Fsp3) is 0.261. The molecule has 8 heteroatoms. The summed E-state index contributed by atoms with van der Waals surface area (Å²) in [6.45, 7) is 1.83. The molecule has 0 saturated heterocycles. The molecule has 8 nitrogen and oxygen atoms in total. The maximum absolute atomic E-state index is 13.7. The summed E-state index contributed by atoms with van der Waals surface area (Å²) < 4.78 is 17.7. The number of methoxy groups -OCH3 is 3. The largest absolute Gasteiger partial charge is 0.497 e. The average molecular weight is 421 g/mol. The van der Waals surface area contributed by atoms with Crippen molar-refractivity contribution in [1.82, 2.24) is 9.78 Å². The molecule has 0 spiro atoms. The fourth-order valence-electron chi connectivity index (χ4n) is 3.95. The molecule has 3 aromatic rings. The Hall–Kier alpha value is -3.81. The summed E-state index contributed by atoms with van der Waals surface area (Å²) in [6.07, 6.45) is 0.0161. The third-order valence-corrected chi connectivity index (χ3v) is 5.41. The van der Waals surface area contributed by atoms with Gasteiger partial charge in [-0.15, -0.1) is 0 Å². The Bertz CT molecular complexity index is 1130. The predicted octanol–water partition coefficient (Wildman–Crippen LogP) is 3.52. The zero-order valence-corrected chi connectivity index (χ0v) is 17.8. The number of hydrogen-bond acceptors (Lipinski definition) is 6. The summed E-state index contributed by atoms with van der Waals surface area (Å²) in [5, 5.41) is 7.50. The van der Waals surface area contributed by atoms with E-state index in [0.717, 1.165) is 5.69 Å². The van der Waals surface area contributed by atoms with Crippen molar-refractivity contribution >= 4 is 17.5 Å². The number of fused-ring (bicyclic) bond motifs is 1. The molecule has 0 saturated carbocycles. The van der Waals surface area contributed by atoms with Gasteiger partial charge in [0.25, 0.3) is 0 Å². The minimum atomic E-state index is -0.707. The Morgan fingerprint density at radius 2 is 1.68 bits per heavy atom. The van der Waals surface area contributed by atoms with Crippen molar-refractivity contribution in [2.24, 2.45) is 0 Å². The summed E-state index contributed by atoms with van der Waals surface area (Å²) in [6, 6.07) is 12.5. The number of ether oxygens (including phenoxy) is 3. The van der Waals surface area contributed by atoms with Gasteiger partial charge < -0.3 is 19.5 Å². The number of anilines is 1. The van der Waals surface area contributed by atoms with E-state index in [4.69, 9.17) is 14.2 Å². The summed E-state index contributed by atoms with van der Waals surface area (Å²) >= 11 is 0. The first kappa shape index (κ1) is 20.5. The molecule has 0 aliphatic carbocycles. The van der Waals surface area contributed by atoms with Gasteiger partial charge >= 0.3 is 0 Å². The van der Waals surface area contributed by atoms with Crippen molar-refractivity contribution < 1.29 is 23.8 Å². The maximum Gasteiger partial charge on any atom is 0.226 e. The minimum absolute atomic E-state index is 0.0161. The van der Waals surface area contributed by atoms with Gasteiger partial charge in [0.05, 0.1) is 38.6 Å². The summed E-state index contributed by atoms with van der Waals surface area (Å²) in [4.78, 5) is 26.2. The van der Waals surface area contributed by atoms with E-state index in [1.54, 1.807) is 30.0 Å². The van der Waals surface area contributed by atoms with Crippen LogP contribution in [-0.2, 0) is 4.79 Å². The first-order chi connectivity index (χ1) is 15.0. The summed E-state index contributed by atoms with van der Waals surface area (Å²) in [5.74, 6) is 0.792. The van der Waals surface area contributed by atoms with Gasteiger partial charge in [-0.05, 0) is 43.3 Å². The average Bonchev–Trinajstić information content (AvgIpc) is 3.13. The van der Waals surface area contributed by atoms with Gasteiger partial charge in [0.15, 0.2) is 5.78 Å². The van der Waals surface area contributed by atoms with Crippen LogP contribution in [0.4, 0.5) is 5.82 Å². The molecule has 2 aromatic carbocycles. The number of amides is 1. The normalized spacial score (nSPS) is 15.1. The molecule has 0 fully saturated rings. The first-order valence-electron chi connectivity index (χ1n) is 9.77. The van der Waals surface area contributed by atoms with Crippen molar-refractivity contribution in [2.75, 3.05) is 26.6 Å². The molecule has 1 aromatic heterocycles. The number of ketones is 1. The van der Waals surface area contributed by atoms with Crippen LogP contribution in [-0.4, -0.2) is 42.8 Å². The quantitative estimate of drug-likeness (QED) is 0.613. The van der Waals surface area contributed by atoms with Gasteiger partial charge in [-0.3, -0.25) is 9.59 Å². The Morgan fingerprint density at radius 1 is 1.03 bits per heavy atom. The van der Waals surface area contributed by atoms with Crippen LogP contribution in [0.15, 0.2) is 42.5 Å². The Kier molecular flexibility index (Phi) is 5.37. The van der Waals surface area contributed by atoms with Gasteiger partial charge in [-0.25, -0.2) is 4.68 Å². The number of benzene rings is 2. The Morgan fingerprint density at radius 3 is 2.26 bits per heavy atom. The molecule has 4 rings (SSSR count). The van der Waals surface area contributed by atoms with Crippen LogP contribution in [0.3, 0.4) is 0 Å². The van der Waals surface area contributed by atoms with Crippen molar-refractivity contribution in [1.29, 1.82) is 0 Å². The molecule has 0 radical (unpaired) electrons. The van der Waals surface area contributed by atoms with Crippen LogP contribution in [0, 0.1) is 6.92 Å². The number of nitrogens with zero attached hydrogens (tertiary/aromatic N) is 2. The van der Waals surface area contributed by atoms with Crippen LogP contribution in [0.2, 0.25) is 0 Å². The van der Waals surface area contributed by atoms with Crippen molar-refractivity contribution in [3.63, 3.8) is 0 Å². The van der Waals surface area contributed by atoms with E-state index >= 15 is 0 Å². The van der Waals surface area contributed by atoms with Gasteiger partial charge in [0.2, 0.25) is 5.91 Å². The van der Waals surface area contributed by atoms with E-state index in [1.165, 1.54) is 14.2 Å². The van der Waals surface area contributed by atoms with E-state index in [0.29, 0.717) is 39.9 Å². The Balaban J connectivity index is 1.83. The molecule has 1 aliphatic rings. The lowest BCUT2D eigenvalue weighted by Crippen LogP contribution is -2.29. The van der Waals surface area contributed by atoms with Crippen LogP contribution >= 0.6 is 0 Å². The zero-order valence-electron chi connectivity index (χ0n) is 17.8. The van der Waals surface area contributed by atoms with Crippen LogP contribution in [0.5, 0.6) is 17.2 Å². The number of carbonyl (C=O) groups is 2. The molecule has 1 N–H and O–H groups in total. The number of nitrogens with one attached hydrogen (secondary N) is 1. The smallest absolute Gasteiger partial charge is 0.226 e. The highest BCUT2D eigenvalue weighted by Crippen LogP contribution is 2.41. The lowest BCUT2D eigenvalue weighted by atomic mass is 9.85. The number of aryl methyl sites for hydroxylation is 1. The number of hydrogen-bond donors (Lipinski definition) is 1. The molecule has 31 heavy (non-hydrogen) atoms. The molecular formula is C23H23N3O5. The monoisotopic (exact) mass is 421 g/mol. The molecule has 1 aliphatic heterocycles. The molecule has 1 atom stereocenters. The molecule has 1 amide bonds. The second-order valence-electron chi connectivity index (χ2n) is 7.16. The van der Waals surface area contributed by atoms with Crippen molar-refractivity contribution in [2.45, 2.75) is 19.3 Å². The maximum atomic E-state index is 13.7. The van der Waals surface area contributed by atoms with Crippen molar-refractivity contribution in [3.05, 3.63) is 59.3 Å². The first-order valence-corrected chi connectivity index (χ1v) is 9.77. The third-order valence-electron chi connectivity index (χ3n) is 5.41. The zero-order chi connectivity index (χ0) is 22.1. The standard InChI is InChI=1S/C23H23N3O5/c1-13-20-16(22(28)21-17(30-3)6-5-7-18(21)31-4)12-19(27)24-23(20)26(25-13)14-8-10-15(29-2)11-9-14/h5-11,16H,12H2,1-4H3,(H,24,27)/t16-/m1/s1. The number of Topliss-reactive ketones (excluding diaryl/α,β-unsaturated/α-hetero) is 1. The molecular weight excluding hydrogens is 398 g/mol.